The summed E-state index contributed by atoms with van der Waals surface area (Å²) in [7, 11) is 2.09. The summed E-state index contributed by atoms with van der Waals surface area (Å²) < 4.78 is 19.2. The summed E-state index contributed by atoms with van der Waals surface area (Å²) in [4.78, 5) is 20.5. The van der Waals surface area contributed by atoms with Gasteiger partial charge in [0.05, 0.1) is 19.3 Å². The zero-order valence-corrected chi connectivity index (χ0v) is 14.0. The molecule has 4 rings (SSSR count). The van der Waals surface area contributed by atoms with E-state index in [1.807, 2.05) is 11.8 Å². The molecule has 2 aliphatic rings. The third-order valence-corrected chi connectivity index (χ3v) is 5.26. The molecule has 0 aliphatic carbocycles. The number of ether oxygens (including phenoxy) is 1. The molecule has 3 heterocycles. The van der Waals surface area contributed by atoms with Crippen LogP contribution in [0.2, 0.25) is 0 Å². The zero-order chi connectivity index (χ0) is 16.8. The highest BCUT2D eigenvalue weighted by atomic mass is 19.1. The maximum atomic E-state index is 13.5. The van der Waals surface area contributed by atoms with E-state index in [-0.39, 0.29) is 17.8 Å². The number of benzene rings is 1. The molecule has 1 aromatic heterocycles. The van der Waals surface area contributed by atoms with Gasteiger partial charge in [-0.25, -0.2) is 4.39 Å². The largest absolute Gasteiger partial charge is 0.379 e. The van der Waals surface area contributed by atoms with Crippen LogP contribution in [-0.2, 0) is 4.74 Å². The van der Waals surface area contributed by atoms with Gasteiger partial charge in [-0.1, -0.05) is 0 Å². The SMILES string of the molecule is Cc1c(C(=O)N2C[C@@H]3COC[C@H](C2)N(C)C3)[nH]c2ccc(F)cc12. The van der Waals surface area contributed by atoms with E-state index in [2.05, 4.69) is 16.9 Å². The van der Waals surface area contributed by atoms with E-state index in [1.54, 1.807) is 6.07 Å². The van der Waals surface area contributed by atoms with E-state index in [4.69, 9.17) is 4.74 Å². The summed E-state index contributed by atoms with van der Waals surface area (Å²) in [5, 5.41) is 0.772. The molecule has 2 saturated heterocycles. The number of hydrogen-bond donors (Lipinski definition) is 1. The maximum Gasteiger partial charge on any atom is 0.270 e. The molecule has 2 fully saturated rings. The highest BCUT2D eigenvalue weighted by molar-refractivity contribution is 6.00. The third-order valence-electron chi connectivity index (χ3n) is 5.26. The maximum absolute atomic E-state index is 13.5. The van der Waals surface area contributed by atoms with E-state index in [0.717, 1.165) is 23.0 Å². The lowest BCUT2D eigenvalue weighted by molar-refractivity contribution is 0.0430. The van der Waals surface area contributed by atoms with Crippen molar-refractivity contribution in [2.24, 2.45) is 5.92 Å². The lowest BCUT2D eigenvalue weighted by Crippen LogP contribution is -2.45. The van der Waals surface area contributed by atoms with Gasteiger partial charge in [0.2, 0.25) is 0 Å². The number of carbonyl (C=O) groups is 1. The lowest BCUT2D eigenvalue weighted by Gasteiger charge is -2.29. The standard InChI is InChI=1S/C18H22FN3O2/c1-11-15-5-13(19)3-4-16(15)20-17(11)18(23)22-7-12-6-21(2)14(8-22)10-24-9-12/h3-5,12,14,20H,6-10H2,1-2H3/t12-,14+/m1/s1. The van der Waals surface area contributed by atoms with Gasteiger partial charge in [0.15, 0.2) is 0 Å². The van der Waals surface area contributed by atoms with E-state index in [9.17, 15) is 9.18 Å². The molecule has 0 radical (unpaired) electrons. The van der Waals surface area contributed by atoms with Crippen LogP contribution in [0.1, 0.15) is 16.1 Å². The Hall–Kier alpha value is -1.92. The number of halogens is 1. The normalized spacial score (nSPS) is 25.0. The molecule has 2 aromatic rings. The summed E-state index contributed by atoms with van der Waals surface area (Å²) in [5.74, 6) is 0.0385. The molecule has 0 spiro atoms. The van der Waals surface area contributed by atoms with Crippen molar-refractivity contribution < 1.29 is 13.9 Å². The number of H-pyrrole nitrogens is 1. The van der Waals surface area contributed by atoms with E-state index in [0.29, 0.717) is 37.9 Å². The minimum absolute atomic E-state index is 0.00342. The minimum atomic E-state index is -0.285. The molecule has 1 N–H and O–H groups in total. The van der Waals surface area contributed by atoms with Gasteiger partial charge in [-0.2, -0.15) is 0 Å². The first-order valence-electron chi connectivity index (χ1n) is 8.38. The Kier molecular flexibility index (Phi) is 3.81. The predicted octanol–water partition coefficient (Wildman–Crippen LogP) is 2.02. The number of carbonyl (C=O) groups excluding carboxylic acids is 1. The molecule has 1 amide bonds. The lowest BCUT2D eigenvalue weighted by atomic mass is 10.1. The summed E-state index contributed by atoms with van der Waals surface area (Å²) >= 11 is 0. The van der Waals surface area contributed by atoms with E-state index in [1.165, 1.54) is 12.1 Å². The van der Waals surface area contributed by atoms with Crippen LogP contribution in [-0.4, -0.2) is 66.6 Å². The van der Waals surface area contributed by atoms with Gasteiger partial charge in [0.25, 0.3) is 5.91 Å². The number of aryl methyl sites for hydroxylation is 1. The quantitative estimate of drug-likeness (QED) is 0.870. The summed E-state index contributed by atoms with van der Waals surface area (Å²) in [5.41, 5.74) is 2.18. The zero-order valence-electron chi connectivity index (χ0n) is 14.0. The molecule has 6 heteroatoms. The topological polar surface area (TPSA) is 48.6 Å². The van der Waals surface area contributed by atoms with Crippen molar-refractivity contribution in [1.29, 1.82) is 0 Å². The molecule has 128 valence electrons. The molecule has 5 nitrogen and oxygen atoms in total. The molecule has 2 aliphatic heterocycles. The van der Waals surface area contributed by atoms with Crippen molar-refractivity contribution in [3.8, 4) is 0 Å². The van der Waals surface area contributed by atoms with Crippen molar-refractivity contribution in [2.75, 3.05) is 39.9 Å². The Balaban J connectivity index is 1.67. The van der Waals surface area contributed by atoms with Crippen molar-refractivity contribution in [3.63, 3.8) is 0 Å². The Morgan fingerprint density at radius 2 is 2.12 bits per heavy atom. The van der Waals surface area contributed by atoms with E-state index < -0.39 is 0 Å². The third kappa shape index (κ3) is 2.59. The molecule has 24 heavy (non-hydrogen) atoms. The van der Waals surface area contributed by atoms with Crippen LogP contribution in [0.25, 0.3) is 10.9 Å². The molecule has 2 bridgehead atoms. The molecule has 1 aromatic carbocycles. The van der Waals surface area contributed by atoms with Gasteiger partial charge in [0, 0.05) is 36.5 Å². The van der Waals surface area contributed by atoms with Crippen molar-refractivity contribution >= 4 is 16.8 Å². The highest BCUT2D eigenvalue weighted by Gasteiger charge is 2.34. The smallest absolute Gasteiger partial charge is 0.270 e. The van der Waals surface area contributed by atoms with Gasteiger partial charge in [0.1, 0.15) is 11.5 Å². The van der Waals surface area contributed by atoms with Gasteiger partial charge in [-0.15, -0.1) is 0 Å². The average molecular weight is 331 g/mol. The number of aromatic nitrogens is 1. The first-order chi connectivity index (χ1) is 11.5. The van der Waals surface area contributed by atoms with Crippen molar-refractivity contribution in [1.82, 2.24) is 14.8 Å². The van der Waals surface area contributed by atoms with Crippen LogP contribution >= 0.6 is 0 Å². The van der Waals surface area contributed by atoms with Crippen LogP contribution < -0.4 is 0 Å². The minimum Gasteiger partial charge on any atom is -0.379 e. The Labute approximate surface area is 140 Å². The Bertz CT molecular complexity index is 788. The molecule has 2 atom stereocenters. The molecule has 0 saturated carbocycles. The van der Waals surface area contributed by atoms with Gasteiger partial charge in [-0.3, -0.25) is 9.69 Å². The number of likely N-dealkylation sites (N-methyl/N-ethyl adjacent to an activating group) is 1. The summed E-state index contributed by atoms with van der Waals surface area (Å²) in [6.07, 6.45) is 0. The van der Waals surface area contributed by atoms with Gasteiger partial charge in [-0.05, 0) is 37.7 Å². The fourth-order valence-corrected chi connectivity index (χ4v) is 3.89. The number of hydrogen-bond acceptors (Lipinski definition) is 3. The molecule has 0 unspecified atom stereocenters. The van der Waals surface area contributed by atoms with Crippen molar-refractivity contribution in [2.45, 2.75) is 13.0 Å². The van der Waals surface area contributed by atoms with Crippen molar-refractivity contribution in [3.05, 3.63) is 35.3 Å². The highest BCUT2D eigenvalue weighted by Crippen LogP contribution is 2.25. The van der Waals surface area contributed by atoms with Crippen LogP contribution in [0, 0.1) is 18.7 Å². The van der Waals surface area contributed by atoms with E-state index >= 15 is 0 Å². The Morgan fingerprint density at radius 3 is 2.96 bits per heavy atom. The average Bonchev–Trinajstić information content (AvgIpc) is 2.67. The molecular weight excluding hydrogens is 309 g/mol. The fourth-order valence-electron chi connectivity index (χ4n) is 3.89. The summed E-state index contributed by atoms with van der Waals surface area (Å²) in [6.45, 7) is 5.54. The number of aromatic amines is 1. The Morgan fingerprint density at radius 1 is 1.29 bits per heavy atom. The number of amides is 1. The fraction of sp³-hybridized carbons (Fsp3) is 0.500. The number of nitrogens with zero attached hydrogens (tertiary/aromatic N) is 2. The number of fused-ring (bicyclic) bond motifs is 4. The van der Waals surface area contributed by atoms with Crippen LogP contribution in [0.4, 0.5) is 4.39 Å². The second-order valence-electron chi connectivity index (χ2n) is 7.02. The monoisotopic (exact) mass is 331 g/mol. The molecular formula is C18H22FN3O2. The predicted molar refractivity (Wildman–Crippen MR) is 89.6 cm³/mol. The van der Waals surface area contributed by atoms with Crippen LogP contribution in [0.5, 0.6) is 0 Å². The van der Waals surface area contributed by atoms with Gasteiger partial charge >= 0.3 is 0 Å². The van der Waals surface area contributed by atoms with Crippen LogP contribution in [0.3, 0.4) is 0 Å². The first-order valence-corrected chi connectivity index (χ1v) is 8.38. The summed E-state index contributed by atoms with van der Waals surface area (Å²) in [6, 6.07) is 4.81. The van der Waals surface area contributed by atoms with Gasteiger partial charge < -0.3 is 14.6 Å². The second kappa shape index (κ2) is 5.86. The number of nitrogens with one attached hydrogen (secondary N) is 1. The van der Waals surface area contributed by atoms with Crippen LogP contribution in [0.15, 0.2) is 18.2 Å². The number of rotatable bonds is 1. The second-order valence-corrected chi connectivity index (χ2v) is 7.02. The first kappa shape index (κ1) is 15.6.